The Kier molecular flexibility index (Phi) is 14.0. The normalized spacial score (nSPS) is 27.4. The summed E-state index contributed by atoms with van der Waals surface area (Å²) in [6.07, 6.45) is -6.87. The van der Waals surface area contributed by atoms with Crippen molar-refractivity contribution in [3.05, 3.63) is 22.7 Å². The number of nitrogens with two attached hydrogens (primary N) is 1. The van der Waals surface area contributed by atoms with E-state index < -0.39 is 71.8 Å². The van der Waals surface area contributed by atoms with Crippen molar-refractivity contribution in [1.82, 2.24) is 9.55 Å². The third-order valence-corrected chi connectivity index (χ3v) is 6.23. The molecule has 0 radical (unpaired) electrons. The molecule has 1 saturated heterocycles. The first-order chi connectivity index (χ1) is 13.8. The van der Waals surface area contributed by atoms with Gasteiger partial charge in [-0.15, -0.1) is 0 Å². The van der Waals surface area contributed by atoms with E-state index >= 15 is 0 Å². The number of aliphatic hydroxyl groups excluding tert-OH is 4. The molecule has 32 heavy (non-hydrogen) atoms. The number of anilines is 1. The van der Waals surface area contributed by atoms with Gasteiger partial charge in [-0.25, -0.2) is 9.11 Å². The minimum Gasteiger partial charge on any atom is -0.756 e. The Bertz CT molecular complexity index is 892. The molecule has 2 rings (SSSR count). The van der Waals surface area contributed by atoms with E-state index in [1.54, 1.807) is 0 Å². The van der Waals surface area contributed by atoms with Crippen LogP contribution in [0.25, 0.3) is 0 Å². The zero-order chi connectivity index (χ0) is 22.7. The molecule has 1 aliphatic heterocycles. The van der Waals surface area contributed by atoms with Crippen LogP contribution in [0.2, 0.25) is 0 Å². The van der Waals surface area contributed by atoms with Crippen molar-refractivity contribution < 1.29 is 117 Å². The molecular weight excluding hydrogens is 502 g/mol. The molecular formula is C12H19N3Na2O13P2. The second-order valence-corrected chi connectivity index (χ2v) is 8.95. The third-order valence-electron chi connectivity index (χ3n) is 3.70. The van der Waals surface area contributed by atoms with Gasteiger partial charge >= 0.3 is 64.8 Å². The molecule has 0 spiro atoms. The van der Waals surface area contributed by atoms with E-state index in [9.17, 15) is 33.9 Å². The molecule has 0 amide bonds. The molecule has 1 aromatic heterocycles. The fourth-order valence-corrected chi connectivity index (χ4v) is 4.32. The minimum atomic E-state index is -5.55. The molecule has 3 unspecified atom stereocenters. The summed E-state index contributed by atoms with van der Waals surface area (Å²) < 4.78 is 41.3. The second-order valence-electron chi connectivity index (χ2n) is 5.99. The predicted octanol–water partition coefficient (Wildman–Crippen LogP) is -10.2. The average Bonchev–Trinajstić information content (AvgIpc) is 2.92. The summed E-state index contributed by atoms with van der Waals surface area (Å²) in [6, 6.07) is 1.22. The number of ether oxygens (including phenoxy) is 1. The van der Waals surface area contributed by atoms with Crippen LogP contribution in [0.1, 0.15) is 6.23 Å². The van der Waals surface area contributed by atoms with Gasteiger partial charge in [-0.05, 0) is 6.07 Å². The summed E-state index contributed by atoms with van der Waals surface area (Å²) in [7, 11) is -11.0. The quantitative estimate of drug-likeness (QED) is 0.141. The molecule has 0 bridgehead atoms. The number of hydrogen-bond donors (Lipinski definition) is 5. The van der Waals surface area contributed by atoms with Gasteiger partial charge in [-0.2, -0.15) is 4.98 Å². The Morgan fingerprint density at radius 3 is 2.38 bits per heavy atom. The van der Waals surface area contributed by atoms with Crippen LogP contribution in [-0.2, 0) is 27.2 Å². The molecule has 0 saturated carbocycles. The van der Waals surface area contributed by atoms with Crippen LogP contribution in [0.4, 0.5) is 5.82 Å². The standard InChI is InChI=1S/C12H21N3O13P2.2Na/c13-8-1-2-15(12(20)14-8)11-10(19)9(18)7(27-11)5-26-30(23,24)28-29(21,22)25-4-6(17)3-16;;/h1-2,6-7,9-11,16-19H,3-5H2,(H,21,22)(H,23,24)(H2,13,14,20);;/q;2*+1/p-2/t6?,7-,9-,10-,11-;;/m1../s1. The molecule has 1 aromatic rings. The van der Waals surface area contributed by atoms with E-state index in [-0.39, 0.29) is 64.9 Å². The second kappa shape index (κ2) is 13.7. The van der Waals surface area contributed by atoms with E-state index in [1.165, 1.54) is 6.07 Å². The molecule has 172 valence electrons. The number of nitrogen functional groups attached to an aromatic ring is 1. The molecule has 0 aliphatic carbocycles. The molecule has 0 aromatic carbocycles. The van der Waals surface area contributed by atoms with Gasteiger partial charge < -0.3 is 49.7 Å². The van der Waals surface area contributed by atoms with Crippen molar-refractivity contribution >= 4 is 21.5 Å². The van der Waals surface area contributed by atoms with Gasteiger partial charge in [0.25, 0.3) is 15.6 Å². The van der Waals surface area contributed by atoms with E-state index in [4.69, 9.17) is 20.7 Å². The van der Waals surface area contributed by atoms with Crippen LogP contribution in [0.15, 0.2) is 17.1 Å². The zero-order valence-electron chi connectivity index (χ0n) is 17.0. The van der Waals surface area contributed by atoms with Crippen LogP contribution in [0.3, 0.4) is 0 Å². The van der Waals surface area contributed by atoms with Crippen molar-refractivity contribution in [2.45, 2.75) is 30.6 Å². The van der Waals surface area contributed by atoms with E-state index in [2.05, 4.69) is 18.3 Å². The summed E-state index contributed by atoms with van der Waals surface area (Å²) in [5, 5.41) is 37.6. The maximum absolute atomic E-state index is 11.8. The third kappa shape index (κ3) is 9.41. The van der Waals surface area contributed by atoms with E-state index in [0.29, 0.717) is 0 Å². The fraction of sp³-hybridized carbons (Fsp3) is 0.667. The first kappa shape index (κ1) is 32.7. The first-order valence-electron chi connectivity index (χ1n) is 8.13. The number of hydrogen-bond acceptors (Lipinski definition) is 15. The number of aliphatic hydroxyl groups is 4. The largest absolute Gasteiger partial charge is 1.00 e. The number of phosphoric acid groups is 2. The van der Waals surface area contributed by atoms with Gasteiger partial charge in [-0.1, -0.05) is 0 Å². The minimum absolute atomic E-state index is 0. The molecule has 1 fully saturated rings. The molecule has 7 atom stereocenters. The Hall–Kier alpha value is 0.740. The van der Waals surface area contributed by atoms with Crippen LogP contribution in [0, 0.1) is 0 Å². The maximum Gasteiger partial charge on any atom is 1.00 e. The smallest absolute Gasteiger partial charge is 0.756 e. The first-order valence-corrected chi connectivity index (χ1v) is 11.0. The van der Waals surface area contributed by atoms with Crippen LogP contribution in [0.5, 0.6) is 0 Å². The van der Waals surface area contributed by atoms with Gasteiger partial charge in [0.1, 0.15) is 30.2 Å². The Labute approximate surface area is 225 Å². The molecule has 1 aliphatic rings. The average molecular weight is 521 g/mol. The van der Waals surface area contributed by atoms with Crippen LogP contribution < -0.4 is 80.3 Å². The Morgan fingerprint density at radius 1 is 1.22 bits per heavy atom. The Morgan fingerprint density at radius 2 is 1.81 bits per heavy atom. The molecule has 6 N–H and O–H groups in total. The van der Waals surface area contributed by atoms with Crippen LogP contribution in [-0.4, -0.2) is 74.2 Å². The van der Waals surface area contributed by atoms with Crippen molar-refractivity contribution in [2.75, 3.05) is 25.6 Å². The number of phosphoric ester groups is 2. The van der Waals surface area contributed by atoms with Gasteiger partial charge in [0.05, 0.1) is 19.8 Å². The van der Waals surface area contributed by atoms with Gasteiger partial charge in [-0.3, -0.25) is 13.7 Å². The summed E-state index contributed by atoms with van der Waals surface area (Å²) >= 11 is 0. The van der Waals surface area contributed by atoms with E-state index in [0.717, 1.165) is 10.8 Å². The molecule has 16 nitrogen and oxygen atoms in total. The van der Waals surface area contributed by atoms with Crippen molar-refractivity contribution in [3.63, 3.8) is 0 Å². The number of rotatable bonds is 10. The summed E-state index contributed by atoms with van der Waals surface area (Å²) in [6.45, 7) is -2.82. The van der Waals surface area contributed by atoms with Crippen LogP contribution >= 0.6 is 15.6 Å². The number of nitrogens with zero attached hydrogens (tertiary/aromatic N) is 2. The van der Waals surface area contributed by atoms with Crippen molar-refractivity contribution in [2.24, 2.45) is 0 Å². The fourth-order valence-electron chi connectivity index (χ4n) is 2.28. The zero-order valence-corrected chi connectivity index (χ0v) is 22.8. The summed E-state index contributed by atoms with van der Waals surface area (Å²) in [5.41, 5.74) is 4.43. The summed E-state index contributed by atoms with van der Waals surface area (Å²) in [5.74, 6) is -0.107. The SMILES string of the molecule is Nc1ccn([C@@H]2O[C@H](COP(=O)([O-])OP(=O)([O-])OCC(O)CO)[C@@H](O)[C@H]2O)c(=O)n1.[Na+].[Na+]. The molecule has 2 heterocycles. The van der Waals surface area contributed by atoms with Crippen molar-refractivity contribution in [3.8, 4) is 0 Å². The van der Waals surface area contributed by atoms with E-state index in [1.807, 2.05) is 0 Å². The van der Waals surface area contributed by atoms with Gasteiger partial charge in [0, 0.05) is 6.20 Å². The maximum atomic E-state index is 11.8. The summed E-state index contributed by atoms with van der Waals surface area (Å²) in [4.78, 5) is 38.4. The topological polar surface area (TPSA) is 259 Å². The number of aromatic nitrogens is 2. The Balaban J connectivity index is 0.00000480. The van der Waals surface area contributed by atoms with Crippen molar-refractivity contribution in [1.29, 1.82) is 0 Å². The van der Waals surface area contributed by atoms with Gasteiger partial charge in [0.2, 0.25) is 0 Å². The monoisotopic (exact) mass is 521 g/mol. The van der Waals surface area contributed by atoms with Gasteiger partial charge in [0.15, 0.2) is 6.23 Å². The molecule has 20 heteroatoms. The predicted molar refractivity (Wildman–Crippen MR) is 90.1 cm³/mol.